The summed E-state index contributed by atoms with van der Waals surface area (Å²) in [6, 6.07) is 6.79. The van der Waals surface area contributed by atoms with Crippen LogP contribution in [0.5, 0.6) is 0 Å². The fourth-order valence-corrected chi connectivity index (χ4v) is 2.42. The van der Waals surface area contributed by atoms with E-state index in [0.717, 1.165) is 0 Å². The Kier molecular flexibility index (Phi) is 7.09. The zero-order valence-electron chi connectivity index (χ0n) is 15.3. The summed E-state index contributed by atoms with van der Waals surface area (Å²) in [7, 11) is 0. The van der Waals surface area contributed by atoms with Gasteiger partial charge in [-0.25, -0.2) is 0 Å². The molecule has 1 aromatic rings. The van der Waals surface area contributed by atoms with Crippen molar-refractivity contribution in [3.63, 3.8) is 0 Å². The van der Waals surface area contributed by atoms with Crippen LogP contribution in [0.15, 0.2) is 18.2 Å². The van der Waals surface area contributed by atoms with Crippen molar-refractivity contribution in [2.75, 3.05) is 0 Å². The van der Waals surface area contributed by atoms with E-state index in [0.29, 0.717) is 10.8 Å². The monoisotopic (exact) mass is 279 g/mol. The third kappa shape index (κ3) is 6.21. The molecule has 0 N–H and O–H groups in total. The van der Waals surface area contributed by atoms with Gasteiger partial charge in [0.15, 0.2) is 0 Å². The molecule has 0 spiro atoms. The van der Waals surface area contributed by atoms with Crippen LogP contribution in [0.4, 0.5) is 0 Å². The molecule has 0 nitrogen and oxygen atoms in total. The van der Waals surface area contributed by atoms with E-state index in [9.17, 15) is 0 Å². The van der Waals surface area contributed by atoms with Gasteiger partial charge < -0.3 is 0 Å². The molecule has 0 fully saturated rings. The fourth-order valence-electron chi connectivity index (χ4n) is 2.42. The van der Waals surface area contributed by atoms with Gasteiger partial charge in [0.25, 0.3) is 0 Å². The third-order valence-corrected chi connectivity index (χ3v) is 5.26. The predicted molar refractivity (Wildman–Crippen MR) is 96.3 cm³/mol. The molecule has 0 unspecified atom stereocenters. The molecule has 0 heterocycles. The normalized spacial score (nSPS) is 12.8. The summed E-state index contributed by atoms with van der Waals surface area (Å²) in [5, 5.41) is 0. The van der Waals surface area contributed by atoms with E-state index < -0.39 is 0 Å². The Hall–Kier alpha value is -0.183. The molecular formula is C20H32Li. The first-order valence-electron chi connectivity index (χ1n) is 8.62. The molecule has 0 saturated carbocycles. The molecule has 1 radical (unpaired) electrons. The SMILES string of the molecule is [Li][c]1cccc(CCC(C)(C)CC)c1[CH]CC(C)(C)CC. The van der Waals surface area contributed by atoms with Crippen LogP contribution in [0.3, 0.4) is 0 Å². The maximum absolute atomic E-state index is 2.48. The molecule has 0 aliphatic heterocycles. The molecule has 1 aromatic carbocycles. The standard InChI is InChI=1S/C20H32.Li/c1-7-19(3,4)15-13-17-11-9-10-12-18(17)14-16-20(5,6)8-2;/h9-11,14H,7-8,13,15-16H2,1-6H3;. The zero-order chi connectivity index (χ0) is 16.1. The Bertz CT molecular complexity index is 443. The molecule has 21 heavy (non-hydrogen) atoms. The minimum atomic E-state index is 0.405. The van der Waals surface area contributed by atoms with Crippen LogP contribution >= 0.6 is 0 Å². The molecule has 0 saturated heterocycles. The van der Waals surface area contributed by atoms with Crippen LogP contribution in [0.1, 0.15) is 78.4 Å². The number of rotatable bonds is 8. The van der Waals surface area contributed by atoms with Crippen molar-refractivity contribution in [1.82, 2.24) is 0 Å². The van der Waals surface area contributed by atoms with Gasteiger partial charge in [0.2, 0.25) is 0 Å². The second-order valence-electron chi connectivity index (χ2n) is 8.09. The van der Waals surface area contributed by atoms with E-state index in [-0.39, 0.29) is 0 Å². The second-order valence-corrected chi connectivity index (χ2v) is 8.09. The number of aryl methyl sites for hydroxylation is 1. The van der Waals surface area contributed by atoms with Gasteiger partial charge in [-0.2, -0.15) is 0 Å². The number of hydrogen-bond acceptors (Lipinski definition) is 0. The first-order valence-corrected chi connectivity index (χ1v) is 8.62. The first kappa shape index (κ1) is 18.9. The van der Waals surface area contributed by atoms with Gasteiger partial charge in [-0.15, -0.1) is 0 Å². The molecule has 0 amide bonds. The van der Waals surface area contributed by atoms with Gasteiger partial charge >= 0.3 is 142 Å². The Balaban J connectivity index is 2.83. The summed E-state index contributed by atoms with van der Waals surface area (Å²) >= 11 is 2.25. The third-order valence-electron chi connectivity index (χ3n) is 5.26. The quantitative estimate of drug-likeness (QED) is 0.572. The average Bonchev–Trinajstić information content (AvgIpc) is 2.44. The Morgan fingerprint density at radius 2 is 1.62 bits per heavy atom. The van der Waals surface area contributed by atoms with Gasteiger partial charge in [0.1, 0.15) is 0 Å². The van der Waals surface area contributed by atoms with Crippen molar-refractivity contribution in [3.8, 4) is 0 Å². The summed E-state index contributed by atoms with van der Waals surface area (Å²) < 4.78 is 1.42. The molecule has 113 valence electrons. The van der Waals surface area contributed by atoms with E-state index in [2.05, 4.69) is 83.9 Å². The van der Waals surface area contributed by atoms with Gasteiger partial charge in [-0.05, 0) is 0 Å². The van der Waals surface area contributed by atoms with Crippen molar-refractivity contribution in [1.29, 1.82) is 0 Å². The van der Waals surface area contributed by atoms with Crippen LogP contribution < -0.4 is 4.24 Å². The summed E-state index contributed by atoms with van der Waals surface area (Å²) in [5.74, 6) is 0. The summed E-state index contributed by atoms with van der Waals surface area (Å²) in [5.41, 5.74) is 3.88. The molecule has 0 aliphatic carbocycles. The van der Waals surface area contributed by atoms with Crippen molar-refractivity contribution in [3.05, 3.63) is 35.7 Å². The van der Waals surface area contributed by atoms with Crippen molar-refractivity contribution < 1.29 is 0 Å². The van der Waals surface area contributed by atoms with E-state index in [1.807, 2.05) is 0 Å². The molecule has 0 atom stereocenters. The minimum absolute atomic E-state index is 0.405. The van der Waals surface area contributed by atoms with Crippen molar-refractivity contribution in [2.24, 2.45) is 10.8 Å². The van der Waals surface area contributed by atoms with E-state index in [1.165, 1.54) is 47.5 Å². The fraction of sp³-hybridized carbons (Fsp3) is 0.650. The summed E-state index contributed by atoms with van der Waals surface area (Å²) in [6.07, 6.45) is 8.59. The van der Waals surface area contributed by atoms with Gasteiger partial charge in [0, 0.05) is 0 Å². The topological polar surface area (TPSA) is 0 Å². The average molecular weight is 279 g/mol. The Labute approximate surface area is 142 Å². The number of hydrogen-bond donors (Lipinski definition) is 0. The molecule has 0 bridgehead atoms. The van der Waals surface area contributed by atoms with Gasteiger partial charge in [-0.1, -0.05) is 0 Å². The molecule has 0 aliphatic rings. The van der Waals surface area contributed by atoms with Crippen LogP contribution in [0.2, 0.25) is 0 Å². The van der Waals surface area contributed by atoms with Gasteiger partial charge in [-0.3, -0.25) is 0 Å². The van der Waals surface area contributed by atoms with E-state index in [1.54, 1.807) is 0 Å². The van der Waals surface area contributed by atoms with Crippen molar-refractivity contribution >= 4 is 22.0 Å². The van der Waals surface area contributed by atoms with Crippen molar-refractivity contribution in [2.45, 2.75) is 73.6 Å². The van der Waals surface area contributed by atoms with E-state index in [4.69, 9.17) is 0 Å². The van der Waals surface area contributed by atoms with Crippen LogP contribution in [-0.4, -0.2) is 17.7 Å². The summed E-state index contributed by atoms with van der Waals surface area (Å²) in [6.45, 7) is 14.1. The molecular weight excluding hydrogens is 247 g/mol. The van der Waals surface area contributed by atoms with Crippen LogP contribution in [-0.2, 0) is 6.42 Å². The predicted octanol–water partition coefficient (Wildman–Crippen LogP) is 5.23. The van der Waals surface area contributed by atoms with Gasteiger partial charge in [0.05, 0.1) is 0 Å². The zero-order valence-corrected chi connectivity index (χ0v) is 15.3. The first-order chi connectivity index (χ1) is 9.71. The summed E-state index contributed by atoms with van der Waals surface area (Å²) in [4.78, 5) is 0. The second kappa shape index (κ2) is 7.89. The van der Waals surface area contributed by atoms with E-state index >= 15 is 0 Å². The molecule has 0 aromatic heterocycles. The maximum atomic E-state index is 2.48. The number of benzene rings is 1. The molecule has 1 heteroatoms. The Morgan fingerprint density at radius 1 is 1.00 bits per heavy atom. The van der Waals surface area contributed by atoms with Crippen LogP contribution in [0.25, 0.3) is 0 Å². The Morgan fingerprint density at radius 3 is 2.19 bits per heavy atom. The molecule has 1 rings (SSSR count). The van der Waals surface area contributed by atoms with Crippen LogP contribution in [0, 0.1) is 17.3 Å².